The summed E-state index contributed by atoms with van der Waals surface area (Å²) >= 11 is 3.15. The lowest BCUT2D eigenvalue weighted by Gasteiger charge is -2.04. The topological polar surface area (TPSA) is 75.4 Å². The first-order chi connectivity index (χ1) is 7.66. The summed E-state index contributed by atoms with van der Waals surface area (Å²) in [5, 5.41) is 11.9. The van der Waals surface area contributed by atoms with Crippen molar-refractivity contribution in [3.05, 3.63) is 40.9 Å². The van der Waals surface area contributed by atoms with E-state index in [1.54, 1.807) is 6.07 Å². The highest BCUT2D eigenvalue weighted by Gasteiger charge is 2.12. The van der Waals surface area contributed by atoms with E-state index in [0.29, 0.717) is 4.47 Å². The molecule has 2 aromatic heterocycles. The quantitative estimate of drug-likeness (QED) is 0.887. The smallest absolute Gasteiger partial charge is 0.292 e. The van der Waals surface area contributed by atoms with Gasteiger partial charge in [-0.05, 0) is 34.1 Å². The number of rotatable bonds is 2. The van der Waals surface area contributed by atoms with Gasteiger partial charge in [-0.25, -0.2) is 4.98 Å². The fraction of sp³-hybridized carbons (Fsp3) is 0. The number of halogens is 1. The average Bonchev–Trinajstić information content (AvgIpc) is 2.75. The highest BCUT2D eigenvalue weighted by molar-refractivity contribution is 9.10. The van der Waals surface area contributed by atoms with Gasteiger partial charge in [0.05, 0.1) is 6.26 Å². The predicted molar refractivity (Wildman–Crippen MR) is 60.3 cm³/mol. The van der Waals surface area contributed by atoms with Crippen molar-refractivity contribution >= 4 is 27.7 Å². The predicted octanol–water partition coefficient (Wildman–Crippen LogP) is 2.40. The minimum Gasteiger partial charge on any atom is -0.504 e. The Labute approximate surface area is 99.2 Å². The molecule has 0 unspecified atom stereocenters. The van der Waals surface area contributed by atoms with E-state index < -0.39 is 5.91 Å². The maximum Gasteiger partial charge on any atom is 0.292 e. The molecule has 0 radical (unpaired) electrons. The van der Waals surface area contributed by atoms with Crippen molar-refractivity contribution in [2.24, 2.45) is 0 Å². The highest BCUT2D eigenvalue weighted by atomic mass is 79.9. The van der Waals surface area contributed by atoms with Crippen LogP contribution in [0.15, 0.2) is 39.5 Å². The van der Waals surface area contributed by atoms with Crippen molar-refractivity contribution in [1.29, 1.82) is 0 Å². The van der Waals surface area contributed by atoms with Crippen LogP contribution in [0.5, 0.6) is 5.75 Å². The number of anilines is 1. The minimum atomic E-state index is -0.463. The molecule has 82 valence electrons. The number of carbonyl (C=O) groups excluding carboxylic acids is 1. The van der Waals surface area contributed by atoms with Crippen LogP contribution in [0, 0.1) is 0 Å². The SMILES string of the molecule is O=C(Nc1ncc(Br)cc1O)c1ccco1. The molecule has 2 N–H and O–H groups in total. The van der Waals surface area contributed by atoms with Crippen LogP contribution in [0.4, 0.5) is 5.82 Å². The van der Waals surface area contributed by atoms with Gasteiger partial charge in [-0.15, -0.1) is 0 Å². The van der Waals surface area contributed by atoms with Gasteiger partial charge in [0.15, 0.2) is 17.3 Å². The number of aromatic hydroxyl groups is 1. The van der Waals surface area contributed by atoms with Crippen molar-refractivity contribution < 1.29 is 14.3 Å². The van der Waals surface area contributed by atoms with E-state index in [9.17, 15) is 9.90 Å². The Morgan fingerprint density at radius 3 is 3.00 bits per heavy atom. The lowest BCUT2D eigenvalue weighted by atomic mass is 10.4. The van der Waals surface area contributed by atoms with E-state index in [4.69, 9.17) is 4.42 Å². The Morgan fingerprint density at radius 1 is 1.56 bits per heavy atom. The number of hydrogen-bond donors (Lipinski definition) is 2. The van der Waals surface area contributed by atoms with E-state index in [-0.39, 0.29) is 17.3 Å². The fourth-order valence-corrected chi connectivity index (χ4v) is 1.42. The third-order valence-corrected chi connectivity index (χ3v) is 2.24. The van der Waals surface area contributed by atoms with Gasteiger partial charge in [-0.3, -0.25) is 4.79 Å². The first kappa shape index (κ1) is 10.7. The van der Waals surface area contributed by atoms with Gasteiger partial charge in [0, 0.05) is 10.7 Å². The molecule has 1 amide bonds. The normalized spacial score (nSPS) is 10.1. The molecule has 2 rings (SSSR count). The molecule has 0 aliphatic carbocycles. The van der Waals surface area contributed by atoms with Crippen LogP contribution in [0.3, 0.4) is 0 Å². The van der Waals surface area contributed by atoms with Crippen LogP contribution in [0.2, 0.25) is 0 Å². The molecular formula is C10H7BrN2O3. The summed E-state index contributed by atoms with van der Waals surface area (Å²) in [7, 11) is 0. The minimum absolute atomic E-state index is 0.0876. The monoisotopic (exact) mass is 282 g/mol. The zero-order chi connectivity index (χ0) is 11.5. The van der Waals surface area contributed by atoms with Crippen molar-refractivity contribution in [3.63, 3.8) is 0 Å². The lowest BCUT2D eigenvalue weighted by molar-refractivity contribution is 0.0996. The largest absolute Gasteiger partial charge is 0.504 e. The van der Waals surface area contributed by atoms with Crippen molar-refractivity contribution in [3.8, 4) is 5.75 Å². The van der Waals surface area contributed by atoms with E-state index in [1.165, 1.54) is 24.6 Å². The second-order valence-corrected chi connectivity index (χ2v) is 3.87. The van der Waals surface area contributed by atoms with Crippen molar-refractivity contribution in [1.82, 2.24) is 4.98 Å². The summed E-state index contributed by atoms with van der Waals surface area (Å²) in [4.78, 5) is 15.4. The summed E-state index contributed by atoms with van der Waals surface area (Å²) in [6.45, 7) is 0. The molecule has 0 bridgehead atoms. The van der Waals surface area contributed by atoms with Crippen molar-refractivity contribution in [2.75, 3.05) is 5.32 Å². The van der Waals surface area contributed by atoms with Crippen molar-refractivity contribution in [2.45, 2.75) is 0 Å². The molecule has 0 saturated heterocycles. The zero-order valence-corrected chi connectivity index (χ0v) is 9.56. The Bertz CT molecular complexity index is 511. The third kappa shape index (κ3) is 2.22. The van der Waals surface area contributed by atoms with Gasteiger partial charge < -0.3 is 14.8 Å². The molecule has 0 spiro atoms. The molecule has 2 heterocycles. The van der Waals surface area contributed by atoms with Crippen LogP contribution in [0.25, 0.3) is 0 Å². The summed E-state index contributed by atoms with van der Waals surface area (Å²) in [6, 6.07) is 4.56. The molecule has 0 saturated carbocycles. The molecule has 0 fully saturated rings. The van der Waals surface area contributed by atoms with Gasteiger partial charge in [-0.2, -0.15) is 0 Å². The van der Waals surface area contributed by atoms with Gasteiger partial charge in [-0.1, -0.05) is 0 Å². The summed E-state index contributed by atoms with van der Waals surface area (Å²) in [5.74, 6) is -0.335. The molecule has 0 atom stereocenters. The van der Waals surface area contributed by atoms with Crippen LogP contribution in [-0.2, 0) is 0 Å². The van der Waals surface area contributed by atoms with E-state index in [2.05, 4.69) is 26.2 Å². The molecule has 0 aromatic carbocycles. The average molecular weight is 283 g/mol. The number of hydrogen-bond acceptors (Lipinski definition) is 4. The van der Waals surface area contributed by atoms with E-state index in [0.717, 1.165) is 0 Å². The molecule has 16 heavy (non-hydrogen) atoms. The van der Waals surface area contributed by atoms with E-state index in [1.807, 2.05) is 0 Å². The Hall–Kier alpha value is -1.82. The standard InChI is InChI=1S/C10H7BrN2O3/c11-6-4-7(14)9(12-5-6)13-10(15)8-2-1-3-16-8/h1-5,14H,(H,12,13,15). The first-order valence-corrected chi connectivity index (χ1v) is 5.15. The number of carbonyl (C=O) groups is 1. The number of amides is 1. The van der Waals surface area contributed by atoms with Crippen LogP contribution < -0.4 is 5.32 Å². The number of aromatic nitrogens is 1. The molecule has 0 aliphatic heterocycles. The first-order valence-electron chi connectivity index (χ1n) is 4.36. The lowest BCUT2D eigenvalue weighted by Crippen LogP contribution is -2.12. The second-order valence-electron chi connectivity index (χ2n) is 2.95. The van der Waals surface area contributed by atoms with Gasteiger partial charge in [0.25, 0.3) is 5.91 Å². The molecular weight excluding hydrogens is 276 g/mol. The van der Waals surface area contributed by atoms with Crippen LogP contribution >= 0.6 is 15.9 Å². The van der Waals surface area contributed by atoms with Gasteiger partial charge in [0.1, 0.15) is 0 Å². The van der Waals surface area contributed by atoms with Crippen LogP contribution in [-0.4, -0.2) is 16.0 Å². The number of furan rings is 1. The van der Waals surface area contributed by atoms with E-state index >= 15 is 0 Å². The molecule has 2 aromatic rings. The summed E-state index contributed by atoms with van der Waals surface area (Å²) in [6.07, 6.45) is 2.86. The summed E-state index contributed by atoms with van der Waals surface area (Å²) in [5.41, 5.74) is 0. The third-order valence-electron chi connectivity index (χ3n) is 1.81. The maximum atomic E-state index is 11.5. The second kappa shape index (κ2) is 4.36. The highest BCUT2D eigenvalue weighted by Crippen LogP contribution is 2.24. The molecule has 5 nitrogen and oxygen atoms in total. The zero-order valence-electron chi connectivity index (χ0n) is 7.98. The number of nitrogens with one attached hydrogen (secondary N) is 1. The van der Waals surface area contributed by atoms with Crippen LogP contribution in [0.1, 0.15) is 10.6 Å². The molecule has 6 heteroatoms. The fourth-order valence-electron chi connectivity index (χ4n) is 1.10. The Balaban J connectivity index is 2.18. The summed E-state index contributed by atoms with van der Waals surface area (Å²) < 4.78 is 5.53. The maximum absolute atomic E-state index is 11.5. The van der Waals surface area contributed by atoms with Gasteiger partial charge in [0.2, 0.25) is 0 Å². The number of pyridine rings is 1. The molecule has 0 aliphatic rings. The van der Waals surface area contributed by atoms with Gasteiger partial charge >= 0.3 is 0 Å². The number of nitrogens with zero attached hydrogens (tertiary/aromatic N) is 1. The Morgan fingerprint density at radius 2 is 2.38 bits per heavy atom. The Kier molecular flexibility index (Phi) is 2.91.